The second-order valence-corrected chi connectivity index (χ2v) is 37.3. The molecule has 0 aliphatic carbocycles. The van der Waals surface area contributed by atoms with E-state index in [0.29, 0.717) is 32.2 Å². The molecule has 2 aromatic heterocycles. The summed E-state index contributed by atoms with van der Waals surface area (Å²) in [6.07, 6.45) is 0.0309. The van der Waals surface area contributed by atoms with Crippen molar-refractivity contribution in [3.8, 4) is 0 Å². The molecular formula is C67H101N27O22S2Se2. The molecule has 2 bridgehead atoms. The Labute approximate surface area is 703 Å². The van der Waals surface area contributed by atoms with E-state index in [1.165, 1.54) is 32.6 Å². The molecule has 2 aliphatic heterocycles. The van der Waals surface area contributed by atoms with Crippen molar-refractivity contribution in [1.29, 1.82) is 10.8 Å². The Bertz CT molecular complexity index is 4190. The normalized spacial score (nSPS) is 25.3. The van der Waals surface area contributed by atoms with Crippen LogP contribution >= 0.6 is 21.6 Å². The van der Waals surface area contributed by atoms with Gasteiger partial charge in [-0.05, 0) is 31.4 Å². The van der Waals surface area contributed by atoms with Gasteiger partial charge >= 0.3 is 394 Å². The number of carboxylic acid groups (broad SMARTS) is 1. The van der Waals surface area contributed by atoms with E-state index in [1.54, 1.807) is 24.3 Å². The number of nitrogens with two attached hydrogens (primary N) is 5. The molecule has 0 spiro atoms. The van der Waals surface area contributed by atoms with Crippen LogP contribution in [0.15, 0.2) is 43.0 Å². The zero-order valence-corrected chi connectivity index (χ0v) is 70.0. The van der Waals surface area contributed by atoms with Crippen molar-refractivity contribution in [1.82, 2.24) is 105 Å². The third-order valence-electron chi connectivity index (χ3n) is 17.7. The minimum absolute atomic E-state index is 0.0728. The number of likely N-dealkylation sites (N-methyl/N-ethyl adjacent to an activating group) is 1. The van der Waals surface area contributed by atoms with E-state index < -0.39 is 292 Å². The van der Waals surface area contributed by atoms with Crippen molar-refractivity contribution in [3.05, 3.63) is 54.2 Å². The first kappa shape index (κ1) is 99.1. The monoisotopic (exact) mass is 1860 g/mol. The number of imidazole rings is 1. The number of primary amides is 2. The number of fused-ring (bicyclic) bond motifs is 9. The molecule has 4 heterocycles. The predicted octanol–water partition coefficient (Wildman–Crippen LogP) is -13.8. The Morgan fingerprint density at radius 2 is 1.05 bits per heavy atom. The third-order valence-corrected chi connectivity index (χ3v) is 27.2. The van der Waals surface area contributed by atoms with Crippen molar-refractivity contribution in [2.75, 3.05) is 58.0 Å². The molecule has 0 radical (unpaired) electrons. The molecule has 120 heavy (non-hydrogen) atoms. The number of hydrogen-bond acceptors (Lipinski definition) is 27. The first-order valence-corrected chi connectivity index (χ1v) is 46.1. The number of guanidine groups is 2. The predicted molar refractivity (Wildman–Crippen MR) is 429 cm³/mol. The van der Waals surface area contributed by atoms with Crippen LogP contribution in [0.3, 0.4) is 0 Å². The topological polar surface area (TPSA) is 806 Å². The Hall–Kier alpha value is -11.5. The average molecular weight is 1860 g/mol. The molecular weight excluding hydrogens is 1760 g/mol. The number of carbonyl (C=O) groups excluding carboxylic acids is 17. The second kappa shape index (κ2) is 49.8. The maximum absolute atomic E-state index is 14.8. The van der Waals surface area contributed by atoms with E-state index in [-0.39, 0.29) is 61.5 Å². The number of amides is 17. The molecule has 2 fully saturated rings. The second-order valence-electron chi connectivity index (χ2n) is 27.2. The van der Waals surface area contributed by atoms with Gasteiger partial charge in [0, 0.05) is 49.0 Å². The van der Waals surface area contributed by atoms with Gasteiger partial charge in [0.05, 0.1) is 25.9 Å². The first-order valence-electron chi connectivity index (χ1n) is 36.9. The van der Waals surface area contributed by atoms with E-state index in [2.05, 4.69) is 100 Å². The Kier molecular flexibility index (Phi) is 41.2. The molecule has 2 unspecified atom stereocenters. The van der Waals surface area contributed by atoms with E-state index in [0.717, 1.165) is 17.8 Å². The van der Waals surface area contributed by atoms with Crippen LogP contribution < -0.4 is 114 Å². The number of aliphatic hydroxyl groups excluding tert-OH is 3. The summed E-state index contributed by atoms with van der Waals surface area (Å²) in [5.41, 5.74) is 29.4. The average Bonchev–Trinajstić information content (AvgIpc) is 1.67. The molecule has 3 aromatic rings. The molecule has 15 atom stereocenters. The number of carboxylic acids is 1. The van der Waals surface area contributed by atoms with E-state index in [1.807, 2.05) is 0 Å². The zero-order chi connectivity index (χ0) is 89.0. The van der Waals surface area contributed by atoms with Crippen molar-refractivity contribution in [3.63, 3.8) is 0 Å². The van der Waals surface area contributed by atoms with Gasteiger partial charge in [-0.15, -0.1) is 0 Å². The Morgan fingerprint density at radius 1 is 0.567 bits per heavy atom. The van der Waals surface area contributed by atoms with Gasteiger partial charge in [0.2, 0.25) is 35.4 Å². The fourth-order valence-electron chi connectivity index (χ4n) is 11.2. The van der Waals surface area contributed by atoms with Crippen molar-refractivity contribution < 1.29 is 107 Å². The molecule has 2 saturated heterocycles. The van der Waals surface area contributed by atoms with Crippen LogP contribution in [0.1, 0.15) is 63.6 Å². The summed E-state index contributed by atoms with van der Waals surface area (Å²) in [5.74, 6) is -23.8. The summed E-state index contributed by atoms with van der Waals surface area (Å²) in [7, 11) is 2.50. The molecule has 34 N–H and O–H groups in total. The number of benzene rings is 1. The van der Waals surface area contributed by atoms with Crippen LogP contribution in [0.2, 0.25) is 10.6 Å². The number of carbonyl (C=O) groups is 18. The zero-order valence-electron chi connectivity index (χ0n) is 65.0. The number of nitrogens with one attached hydrogen (secondary N) is 20. The standard InChI is InChI=1S/C67H101N27O22S2Se2/c1-29(68)52(103)92-46-26-119-120-27-47-64(115)90-44(51(70)102)24-117-118-25-45(91-58(109)39(16-48(69)98)85-63(46)114)62(113)88-42(22-96)61(112)89-43(23-97)65(116)94(3)20-49(99)81-37(14-31-18-78-34-9-5-4-8-33(31)34)56(107)80-30(2)53(104)82-35(10-6-12-76-66(71)72)54(105)86-40(17-50(100)101)59(110)84-38(15-32-19-75-28-79-32)57(108)87-41(21-95)60(111)83-36(55(106)93-47)11-7-13-77-67(73)74/h4-5,8-9,18-19,28-30,35-47,78,95-97H,6-7,10-17,20-27,68H2,1-3H3,(H2,69,98)(H2,70,102)(H,75,79)(H,80,107)(H,81,99)(H,82,104)(H,83,111)(H,84,110)(H,85,114)(H,86,105)(H,87,108)(H,88,113)(H,89,112)(H,90,115)(H,91,109)(H,92,103)(H,93,106)(H,100,101)(H4,71,72,76)(H4,73,74,77)/t29-,30-,35-,36-,37-,38-,39-,40-,41-,42-,43-,44-,45-,46?,47?/m0/s1. The molecule has 2 aliphatic rings. The molecule has 1 aromatic carbocycles. The van der Waals surface area contributed by atoms with Gasteiger partial charge in [-0.25, -0.2) is 4.98 Å². The molecule has 0 saturated carbocycles. The summed E-state index contributed by atoms with van der Waals surface area (Å²) in [6.45, 7) is -2.42. The minimum atomic E-state index is -2.11. The van der Waals surface area contributed by atoms with Crippen LogP contribution in [0, 0.1) is 10.8 Å². The number of aliphatic hydroxyl groups is 3. The third kappa shape index (κ3) is 33.0. The van der Waals surface area contributed by atoms with Gasteiger partial charge in [-0.2, -0.15) is 0 Å². The van der Waals surface area contributed by atoms with E-state index in [9.17, 15) is 107 Å². The number of hydrogen-bond donors (Lipinski definition) is 29. The van der Waals surface area contributed by atoms with Crippen molar-refractivity contribution in [2.24, 2.45) is 28.7 Å². The molecule has 49 nitrogen and oxygen atoms in total. The molecule has 660 valence electrons. The fourth-order valence-corrected chi connectivity index (χ4v) is 20.6. The van der Waals surface area contributed by atoms with Crippen LogP contribution in [-0.2, 0) is 99.1 Å². The van der Waals surface area contributed by atoms with Crippen LogP contribution in [0.4, 0.5) is 0 Å². The number of aromatic nitrogens is 3. The molecule has 5 rings (SSSR count). The van der Waals surface area contributed by atoms with Crippen LogP contribution in [0.25, 0.3) is 10.9 Å². The Balaban J connectivity index is 1.66. The number of aliphatic carboxylic acids is 1. The Morgan fingerprint density at radius 3 is 1.63 bits per heavy atom. The molecule has 53 heteroatoms. The summed E-state index contributed by atoms with van der Waals surface area (Å²) < 4.78 is 0. The SMILES string of the molecule is C[C@H](N)C(=O)NC1C[Se][Se]CC2NC(=O)[C@H](CCCNC(=N)N)NC(=O)[C@H](CO)NC(=O)[C@H](Cc3cnc[nH]3)NC(=O)[C@H](CC(=O)O)NC(=O)[C@H](CCCNC(=N)N)NC(=O)[C@H](C)NC(=O)[C@H](Cc3c[nH]c4ccccc34)NC(=O)CN(C)C(=O)[C@H](CO)NC(=O)[C@H](CO)NC(=O)[C@H](CSSC[C@@H](C(N)=O)NC2=O)NC(=O)[C@H](CC(N)=O)NC1=O. The summed E-state index contributed by atoms with van der Waals surface area (Å²) in [6, 6.07) is -19.9. The van der Waals surface area contributed by atoms with Gasteiger partial charge in [-0.1, -0.05) is 18.2 Å². The number of H-pyrrole nitrogens is 2. The number of para-hydroxylation sites is 1. The van der Waals surface area contributed by atoms with Crippen molar-refractivity contribution in [2.45, 2.75) is 166 Å². The summed E-state index contributed by atoms with van der Waals surface area (Å²) >= 11 is -1.67. The maximum atomic E-state index is 14.8. The van der Waals surface area contributed by atoms with Crippen molar-refractivity contribution >= 4 is 177 Å². The first-order chi connectivity index (χ1) is 56.8. The van der Waals surface area contributed by atoms with Gasteiger partial charge in [-0.3, -0.25) is 43.8 Å². The number of aromatic amines is 2. The van der Waals surface area contributed by atoms with Gasteiger partial charge < -0.3 is 67.8 Å². The fraction of sp³-hybridized carbons (Fsp3) is 0.537. The number of nitrogens with zero attached hydrogens (tertiary/aromatic N) is 2. The van der Waals surface area contributed by atoms with E-state index >= 15 is 0 Å². The number of rotatable bonds is 22. The van der Waals surface area contributed by atoms with Gasteiger partial charge in [0.15, 0.2) is 5.96 Å². The van der Waals surface area contributed by atoms with Gasteiger partial charge in [0.1, 0.15) is 30.2 Å². The summed E-state index contributed by atoms with van der Waals surface area (Å²) in [4.78, 5) is 263. The van der Waals surface area contributed by atoms with Crippen LogP contribution in [0.5, 0.6) is 0 Å². The molecule has 17 amide bonds. The quantitative estimate of drug-likeness (QED) is 0.0146. The van der Waals surface area contributed by atoms with Gasteiger partial charge in [0.25, 0.3) is 0 Å². The summed E-state index contributed by atoms with van der Waals surface area (Å²) in [5, 5.41) is 95.6. The van der Waals surface area contributed by atoms with E-state index in [4.69, 9.17) is 39.5 Å². The van der Waals surface area contributed by atoms with Crippen LogP contribution in [-0.4, -0.2) is 333 Å².